The van der Waals surface area contributed by atoms with Crippen LogP contribution in [0.1, 0.15) is 6.92 Å². The first-order valence-electron chi connectivity index (χ1n) is 6.63. The SMILES string of the molecule is CCOCC(O)Cn1ccnc1-c1ccc([N+](=O)[O-])cc1. The molecule has 0 radical (unpaired) electrons. The molecule has 2 aromatic rings. The highest BCUT2D eigenvalue weighted by Crippen LogP contribution is 2.21. The van der Waals surface area contributed by atoms with Gasteiger partial charge >= 0.3 is 0 Å². The Bertz CT molecular complexity index is 595. The van der Waals surface area contributed by atoms with Crippen molar-refractivity contribution in [2.45, 2.75) is 19.6 Å². The summed E-state index contributed by atoms with van der Waals surface area (Å²) in [4.78, 5) is 14.4. The molecule has 0 amide bonds. The lowest BCUT2D eigenvalue weighted by molar-refractivity contribution is -0.384. The summed E-state index contributed by atoms with van der Waals surface area (Å²) in [7, 11) is 0. The topological polar surface area (TPSA) is 90.4 Å². The molecule has 1 atom stereocenters. The Kier molecular flexibility index (Phi) is 5.02. The Labute approximate surface area is 122 Å². The fourth-order valence-electron chi connectivity index (χ4n) is 1.98. The smallest absolute Gasteiger partial charge is 0.269 e. The highest BCUT2D eigenvalue weighted by molar-refractivity contribution is 5.57. The van der Waals surface area contributed by atoms with Gasteiger partial charge < -0.3 is 14.4 Å². The van der Waals surface area contributed by atoms with E-state index in [2.05, 4.69) is 4.98 Å². The molecule has 0 bridgehead atoms. The minimum Gasteiger partial charge on any atom is -0.389 e. The van der Waals surface area contributed by atoms with Crippen LogP contribution in [0.4, 0.5) is 5.69 Å². The summed E-state index contributed by atoms with van der Waals surface area (Å²) >= 11 is 0. The zero-order valence-electron chi connectivity index (χ0n) is 11.7. The number of imidazole rings is 1. The second-order valence-electron chi connectivity index (χ2n) is 4.52. The van der Waals surface area contributed by atoms with E-state index in [1.807, 2.05) is 6.92 Å². The van der Waals surface area contributed by atoms with Crippen LogP contribution in [0, 0.1) is 10.1 Å². The number of ether oxygens (including phenoxy) is 1. The normalized spacial score (nSPS) is 12.3. The van der Waals surface area contributed by atoms with Crippen LogP contribution in [0.25, 0.3) is 11.4 Å². The van der Waals surface area contributed by atoms with E-state index >= 15 is 0 Å². The van der Waals surface area contributed by atoms with Crippen LogP contribution >= 0.6 is 0 Å². The van der Waals surface area contributed by atoms with Crippen LogP contribution in [0.2, 0.25) is 0 Å². The van der Waals surface area contributed by atoms with E-state index in [1.54, 1.807) is 29.1 Å². The number of non-ortho nitro benzene ring substituents is 1. The molecule has 0 aliphatic heterocycles. The Hall–Kier alpha value is -2.25. The van der Waals surface area contributed by atoms with E-state index in [9.17, 15) is 15.2 Å². The summed E-state index contributed by atoms with van der Waals surface area (Å²) in [6.07, 6.45) is 2.76. The Morgan fingerprint density at radius 2 is 2.14 bits per heavy atom. The molecule has 0 saturated carbocycles. The first-order chi connectivity index (χ1) is 10.1. The molecule has 1 aromatic heterocycles. The van der Waals surface area contributed by atoms with E-state index in [-0.39, 0.29) is 12.3 Å². The number of nitro groups is 1. The molecule has 1 aromatic carbocycles. The van der Waals surface area contributed by atoms with Gasteiger partial charge in [0.1, 0.15) is 5.82 Å². The van der Waals surface area contributed by atoms with Crippen LogP contribution in [-0.2, 0) is 11.3 Å². The third-order valence-corrected chi connectivity index (χ3v) is 2.97. The first kappa shape index (κ1) is 15.1. The molecule has 0 saturated heterocycles. The number of aromatic nitrogens is 2. The van der Waals surface area contributed by atoms with E-state index in [0.29, 0.717) is 19.0 Å². The van der Waals surface area contributed by atoms with Crippen LogP contribution in [-0.4, -0.2) is 38.9 Å². The molecule has 1 unspecified atom stereocenters. The predicted octanol–water partition coefficient (Wildman–Crippen LogP) is 1.86. The summed E-state index contributed by atoms with van der Waals surface area (Å²) in [6, 6.07) is 6.16. The van der Waals surface area contributed by atoms with Gasteiger partial charge in [0.15, 0.2) is 0 Å². The molecule has 112 valence electrons. The lowest BCUT2D eigenvalue weighted by Crippen LogP contribution is -2.22. The van der Waals surface area contributed by atoms with E-state index in [1.165, 1.54) is 12.1 Å². The van der Waals surface area contributed by atoms with Gasteiger partial charge in [-0.15, -0.1) is 0 Å². The molecular weight excluding hydrogens is 274 g/mol. The van der Waals surface area contributed by atoms with Crippen molar-refractivity contribution in [1.82, 2.24) is 9.55 Å². The molecule has 0 aliphatic carbocycles. The maximum atomic E-state index is 10.6. The third kappa shape index (κ3) is 3.87. The molecule has 7 heteroatoms. The van der Waals surface area contributed by atoms with E-state index < -0.39 is 11.0 Å². The number of hydrogen-bond acceptors (Lipinski definition) is 5. The van der Waals surface area contributed by atoms with E-state index in [0.717, 1.165) is 5.56 Å². The van der Waals surface area contributed by atoms with Crippen LogP contribution < -0.4 is 0 Å². The van der Waals surface area contributed by atoms with Crippen LogP contribution in [0.3, 0.4) is 0 Å². The van der Waals surface area contributed by atoms with Gasteiger partial charge in [-0.3, -0.25) is 10.1 Å². The van der Waals surface area contributed by atoms with Gasteiger partial charge in [0.05, 0.1) is 24.2 Å². The number of rotatable bonds is 7. The summed E-state index contributed by atoms with van der Waals surface area (Å²) < 4.78 is 6.97. The van der Waals surface area contributed by atoms with Crippen molar-refractivity contribution < 1.29 is 14.8 Å². The highest BCUT2D eigenvalue weighted by atomic mass is 16.6. The monoisotopic (exact) mass is 291 g/mol. The zero-order chi connectivity index (χ0) is 15.2. The predicted molar refractivity (Wildman–Crippen MR) is 76.8 cm³/mol. The number of benzene rings is 1. The minimum atomic E-state index is -0.629. The second kappa shape index (κ2) is 6.96. The van der Waals surface area contributed by atoms with Gasteiger partial charge in [-0.25, -0.2) is 4.98 Å². The summed E-state index contributed by atoms with van der Waals surface area (Å²) in [5.41, 5.74) is 0.794. The lowest BCUT2D eigenvalue weighted by atomic mass is 10.2. The largest absolute Gasteiger partial charge is 0.389 e. The molecule has 0 fully saturated rings. The minimum absolute atomic E-state index is 0.0354. The average molecular weight is 291 g/mol. The third-order valence-electron chi connectivity index (χ3n) is 2.97. The Morgan fingerprint density at radius 1 is 1.43 bits per heavy atom. The molecule has 7 nitrogen and oxygen atoms in total. The molecule has 1 heterocycles. The average Bonchev–Trinajstić information content (AvgIpc) is 2.93. The fraction of sp³-hybridized carbons (Fsp3) is 0.357. The second-order valence-corrected chi connectivity index (χ2v) is 4.52. The Morgan fingerprint density at radius 3 is 2.76 bits per heavy atom. The van der Waals surface area contributed by atoms with Gasteiger partial charge in [-0.1, -0.05) is 0 Å². The summed E-state index contributed by atoms with van der Waals surface area (Å²) in [5.74, 6) is 0.653. The fourth-order valence-corrected chi connectivity index (χ4v) is 1.98. The van der Waals surface area contributed by atoms with Gasteiger partial charge in [0.25, 0.3) is 5.69 Å². The maximum Gasteiger partial charge on any atom is 0.269 e. The van der Waals surface area contributed by atoms with Crippen molar-refractivity contribution in [2.75, 3.05) is 13.2 Å². The number of aliphatic hydroxyl groups is 1. The molecule has 2 rings (SSSR count). The van der Waals surface area contributed by atoms with Crippen molar-refractivity contribution in [1.29, 1.82) is 0 Å². The van der Waals surface area contributed by atoms with Crippen LogP contribution in [0.15, 0.2) is 36.7 Å². The number of nitrogens with zero attached hydrogens (tertiary/aromatic N) is 3. The standard InChI is InChI=1S/C14H17N3O4/c1-2-21-10-13(18)9-16-8-7-15-14(16)11-3-5-12(6-4-11)17(19)20/h3-8,13,18H,2,9-10H2,1H3. The molecule has 21 heavy (non-hydrogen) atoms. The zero-order valence-corrected chi connectivity index (χ0v) is 11.7. The van der Waals surface area contributed by atoms with Crippen LogP contribution in [0.5, 0.6) is 0 Å². The summed E-state index contributed by atoms with van der Waals surface area (Å²) in [6.45, 7) is 3.03. The molecule has 0 aliphatic rings. The van der Waals surface area contributed by atoms with Crippen molar-refractivity contribution in [3.8, 4) is 11.4 Å². The summed E-state index contributed by atoms with van der Waals surface area (Å²) in [5, 5.41) is 20.5. The van der Waals surface area contributed by atoms with Crippen molar-refractivity contribution in [2.24, 2.45) is 0 Å². The van der Waals surface area contributed by atoms with Gasteiger partial charge in [0.2, 0.25) is 0 Å². The van der Waals surface area contributed by atoms with Crippen molar-refractivity contribution in [3.05, 3.63) is 46.8 Å². The van der Waals surface area contributed by atoms with Gasteiger partial charge in [-0.05, 0) is 19.1 Å². The number of hydrogen-bond donors (Lipinski definition) is 1. The maximum absolute atomic E-state index is 10.6. The number of aliphatic hydroxyl groups excluding tert-OH is 1. The molecule has 1 N–H and O–H groups in total. The van der Waals surface area contributed by atoms with Crippen molar-refractivity contribution in [3.63, 3.8) is 0 Å². The van der Waals surface area contributed by atoms with Crippen molar-refractivity contribution >= 4 is 5.69 Å². The van der Waals surface area contributed by atoms with E-state index in [4.69, 9.17) is 4.74 Å². The molecular formula is C14H17N3O4. The van der Waals surface area contributed by atoms with Gasteiger partial charge in [-0.2, -0.15) is 0 Å². The Balaban J connectivity index is 2.14. The highest BCUT2D eigenvalue weighted by Gasteiger charge is 2.12. The quantitative estimate of drug-likeness (QED) is 0.621. The van der Waals surface area contributed by atoms with Gasteiger partial charge in [0, 0.05) is 36.7 Å². The molecule has 0 spiro atoms. The first-order valence-corrected chi connectivity index (χ1v) is 6.63. The lowest BCUT2D eigenvalue weighted by Gasteiger charge is -2.13. The number of nitro benzene ring substituents is 1.